The number of hydrogen-bond acceptors (Lipinski definition) is 5. The highest BCUT2D eigenvalue weighted by Crippen LogP contribution is 2.29. The minimum Gasteiger partial charge on any atom is -0.490 e. The first-order chi connectivity index (χ1) is 17.0. The molecule has 0 heterocycles. The number of fused-ring (bicyclic) bond motifs is 1. The van der Waals surface area contributed by atoms with Gasteiger partial charge < -0.3 is 9.47 Å². The fraction of sp³-hybridized carbons (Fsp3) is 0.107. The van der Waals surface area contributed by atoms with Gasteiger partial charge in [0.2, 0.25) is 5.91 Å². The maximum Gasteiger partial charge on any atom is 0.343 e. The molecule has 0 aromatic heterocycles. The first-order valence-electron chi connectivity index (χ1n) is 11.1. The topological polar surface area (TPSA) is 77.0 Å². The van der Waals surface area contributed by atoms with Crippen LogP contribution in [0.4, 0.5) is 0 Å². The van der Waals surface area contributed by atoms with E-state index in [1.165, 1.54) is 6.21 Å². The van der Waals surface area contributed by atoms with Crippen LogP contribution in [0.3, 0.4) is 0 Å². The molecule has 1 N–H and O–H groups in total. The Morgan fingerprint density at radius 2 is 1.71 bits per heavy atom. The van der Waals surface area contributed by atoms with Crippen molar-refractivity contribution in [1.82, 2.24) is 5.43 Å². The van der Waals surface area contributed by atoms with Crippen molar-refractivity contribution in [2.24, 2.45) is 5.10 Å². The normalized spacial score (nSPS) is 10.9. The van der Waals surface area contributed by atoms with Crippen LogP contribution in [-0.2, 0) is 11.2 Å². The molecule has 0 fully saturated rings. The molecule has 0 aliphatic carbocycles. The van der Waals surface area contributed by atoms with E-state index in [1.54, 1.807) is 42.5 Å². The molecule has 35 heavy (non-hydrogen) atoms. The van der Waals surface area contributed by atoms with Crippen molar-refractivity contribution in [3.05, 3.63) is 106 Å². The Hall–Kier alpha value is -3.97. The van der Waals surface area contributed by atoms with Crippen LogP contribution in [0.25, 0.3) is 10.8 Å². The van der Waals surface area contributed by atoms with Gasteiger partial charge in [-0.05, 0) is 71.3 Å². The number of carbonyl (C=O) groups is 2. The molecule has 6 nitrogen and oxygen atoms in total. The van der Waals surface area contributed by atoms with E-state index in [9.17, 15) is 9.59 Å². The van der Waals surface area contributed by atoms with Gasteiger partial charge in [0.25, 0.3) is 0 Å². The summed E-state index contributed by atoms with van der Waals surface area (Å²) in [5.74, 6) is 0.00385. The molecule has 176 valence electrons. The summed E-state index contributed by atoms with van der Waals surface area (Å²) in [4.78, 5) is 24.9. The molecule has 0 unspecified atom stereocenters. The minimum atomic E-state index is -0.486. The fourth-order valence-electron chi connectivity index (χ4n) is 3.54. The Morgan fingerprint density at radius 1 is 0.943 bits per heavy atom. The molecular formula is C28H23BrN2O4. The lowest BCUT2D eigenvalue weighted by Crippen LogP contribution is -2.19. The third kappa shape index (κ3) is 6.33. The number of hydrazone groups is 1. The minimum absolute atomic E-state index is 0.216. The molecule has 0 spiro atoms. The average molecular weight is 531 g/mol. The number of amides is 1. The van der Waals surface area contributed by atoms with Gasteiger partial charge in [0, 0.05) is 4.47 Å². The SMILES string of the molecule is CCOc1cc(C=NNC(=O)Cc2cccc3ccccc23)ccc1OC(=O)c1ccc(Br)cc1. The number of esters is 1. The molecule has 4 aromatic rings. The summed E-state index contributed by atoms with van der Waals surface area (Å²) in [6.45, 7) is 2.24. The number of ether oxygens (including phenoxy) is 2. The maximum absolute atomic E-state index is 12.5. The van der Waals surface area contributed by atoms with Gasteiger partial charge in [-0.3, -0.25) is 4.79 Å². The summed E-state index contributed by atoms with van der Waals surface area (Å²) in [5, 5.41) is 6.21. The Labute approximate surface area is 211 Å². The molecule has 1 amide bonds. The number of halogens is 1. The van der Waals surface area contributed by atoms with E-state index in [0.717, 1.165) is 20.8 Å². The summed E-state index contributed by atoms with van der Waals surface area (Å²) >= 11 is 3.35. The monoisotopic (exact) mass is 530 g/mol. The zero-order valence-corrected chi connectivity index (χ0v) is 20.6. The van der Waals surface area contributed by atoms with E-state index in [-0.39, 0.29) is 12.3 Å². The van der Waals surface area contributed by atoms with Crippen molar-refractivity contribution in [1.29, 1.82) is 0 Å². The van der Waals surface area contributed by atoms with Gasteiger partial charge in [-0.15, -0.1) is 0 Å². The van der Waals surface area contributed by atoms with Crippen LogP contribution in [0.1, 0.15) is 28.4 Å². The van der Waals surface area contributed by atoms with E-state index < -0.39 is 5.97 Å². The van der Waals surface area contributed by atoms with Gasteiger partial charge in [-0.1, -0.05) is 58.4 Å². The first kappa shape index (κ1) is 24.2. The summed E-state index contributed by atoms with van der Waals surface area (Å²) in [6.07, 6.45) is 1.73. The maximum atomic E-state index is 12.5. The third-order valence-corrected chi connectivity index (χ3v) is 5.71. The summed E-state index contributed by atoms with van der Waals surface area (Å²) in [6, 6.07) is 25.8. The number of benzene rings is 4. The molecule has 0 atom stereocenters. The smallest absolute Gasteiger partial charge is 0.343 e. The molecule has 4 aromatic carbocycles. The standard InChI is InChI=1S/C28H23BrN2O4/c1-2-34-26-16-19(10-15-25(26)35-28(33)21-11-13-23(29)14-12-21)18-30-31-27(32)17-22-8-5-7-20-6-3-4-9-24(20)22/h3-16,18H,2,17H2,1H3,(H,31,32). The van der Waals surface area contributed by atoms with Gasteiger partial charge in [0.1, 0.15) is 0 Å². The van der Waals surface area contributed by atoms with Crippen LogP contribution < -0.4 is 14.9 Å². The number of carbonyl (C=O) groups excluding carboxylic acids is 2. The quantitative estimate of drug-likeness (QED) is 0.133. The molecule has 0 aliphatic heterocycles. The summed E-state index contributed by atoms with van der Waals surface area (Å²) < 4.78 is 12.0. The van der Waals surface area contributed by atoms with Crippen LogP contribution >= 0.6 is 15.9 Å². The summed E-state index contributed by atoms with van der Waals surface area (Å²) in [7, 11) is 0. The van der Waals surface area contributed by atoms with Gasteiger partial charge in [-0.2, -0.15) is 5.10 Å². The molecule has 0 radical (unpaired) electrons. The molecule has 0 aliphatic rings. The van der Waals surface area contributed by atoms with E-state index in [4.69, 9.17) is 9.47 Å². The molecule has 0 saturated heterocycles. The van der Waals surface area contributed by atoms with E-state index >= 15 is 0 Å². The van der Waals surface area contributed by atoms with Crippen LogP contribution in [0.5, 0.6) is 11.5 Å². The second-order valence-electron chi connectivity index (χ2n) is 7.64. The van der Waals surface area contributed by atoms with Gasteiger partial charge in [-0.25, -0.2) is 10.2 Å². The van der Waals surface area contributed by atoms with Crippen molar-refractivity contribution in [2.75, 3.05) is 6.61 Å². The van der Waals surface area contributed by atoms with Crippen LogP contribution in [0.15, 0.2) is 94.5 Å². The Kier molecular flexibility index (Phi) is 7.90. The number of nitrogens with zero attached hydrogens (tertiary/aromatic N) is 1. The lowest BCUT2D eigenvalue weighted by Gasteiger charge is -2.11. The highest BCUT2D eigenvalue weighted by atomic mass is 79.9. The van der Waals surface area contributed by atoms with Crippen LogP contribution in [0.2, 0.25) is 0 Å². The largest absolute Gasteiger partial charge is 0.490 e. The number of nitrogens with one attached hydrogen (secondary N) is 1. The van der Waals surface area contributed by atoms with Gasteiger partial charge in [0.15, 0.2) is 11.5 Å². The fourth-order valence-corrected chi connectivity index (χ4v) is 3.80. The number of hydrogen-bond donors (Lipinski definition) is 1. The Balaban J connectivity index is 1.41. The molecule has 0 bridgehead atoms. The van der Waals surface area contributed by atoms with Gasteiger partial charge >= 0.3 is 5.97 Å². The zero-order valence-electron chi connectivity index (χ0n) is 19.0. The predicted octanol–water partition coefficient (Wildman–Crippen LogP) is 5.91. The van der Waals surface area contributed by atoms with E-state index in [2.05, 4.69) is 26.5 Å². The van der Waals surface area contributed by atoms with Crippen molar-refractivity contribution < 1.29 is 19.1 Å². The second-order valence-corrected chi connectivity index (χ2v) is 8.56. The van der Waals surface area contributed by atoms with Crippen LogP contribution in [0, 0.1) is 0 Å². The molecule has 4 rings (SSSR count). The predicted molar refractivity (Wildman–Crippen MR) is 140 cm³/mol. The second kappa shape index (κ2) is 11.4. The Morgan fingerprint density at radius 3 is 2.51 bits per heavy atom. The lowest BCUT2D eigenvalue weighted by atomic mass is 10.0. The molecule has 7 heteroatoms. The molecule has 0 saturated carbocycles. The first-order valence-corrected chi connectivity index (χ1v) is 11.9. The highest BCUT2D eigenvalue weighted by molar-refractivity contribution is 9.10. The highest BCUT2D eigenvalue weighted by Gasteiger charge is 2.13. The van der Waals surface area contributed by atoms with Crippen molar-refractivity contribution in [3.8, 4) is 11.5 Å². The summed E-state index contributed by atoms with van der Waals surface area (Å²) in [5.41, 5.74) is 4.61. The zero-order chi connectivity index (χ0) is 24.6. The van der Waals surface area contributed by atoms with Gasteiger partial charge in [0.05, 0.1) is 24.8 Å². The van der Waals surface area contributed by atoms with Crippen molar-refractivity contribution in [3.63, 3.8) is 0 Å². The lowest BCUT2D eigenvalue weighted by molar-refractivity contribution is -0.120. The van der Waals surface area contributed by atoms with E-state index in [0.29, 0.717) is 29.2 Å². The molecular weight excluding hydrogens is 508 g/mol. The van der Waals surface area contributed by atoms with Crippen molar-refractivity contribution >= 4 is 44.8 Å². The van der Waals surface area contributed by atoms with E-state index in [1.807, 2.05) is 49.4 Å². The third-order valence-electron chi connectivity index (χ3n) is 5.18. The Bertz CT molecular complexity index is 1380. The average Bonchev–Trinajstić information content (AvgIpc) is 2.86. The van der Waals surface area contributed by atoms with Crippen LogP contribution in [-0.4, -0.2) is 24.7 Å². The number of rotatable bonds is 8. The van der Waals surface area contributed by atoms with Crippen molar-refractivity contribution in [2.45, 2.75) is 13.3 Å².